The number of hydrogen-bond acceptors (Lipinski definition) is 3. The van der Waals surface area contributed by atoms with E-state index in [0.717, 1.165) is 37.7 Å². The topological polar surface area (TPSA) is 89.9 Å². The second-order valence-corrected chi connectivity index (χ2v) is 8.13. The number of carbonyl (C=O) groups is 2. The zero-order valence-corrected chi connectivity index (χ0v) is 16.1. The molecule has 1 heterocycles. The molecule has 1 saturated heterocycles. The Bertz CT molecular complexity index is 665. The maximum Gasteiger partial charge on any atom is 0.405 e. The third-order valence-corrected chi connectivity index (χ3v) is 6.20. The van der Waals surface area contributed by atoms with E-state index in [1.54, 1.807) is 17.0 Å². The van der Waals surface area contributed by atoms with Crippen LogP contribution in [0.15, 0.2) is 24.3 Å². The van der Waals surface area contributed by atoms with E-state index < -0.39 is 17.7 Å². The van der Waals surface area contributed by atoms with E-state index in [4.69, 9.17) is 11.6 Å². The summed E-state index contributed by atoms with van der Waals surface area (Å²) in [6, 6.07) is 6.45. The van der Waals surface area contributed by atoms with Gasteiger partial charge in [-0.25, -0.2) is 4.79 Å². The van der Waals surface area contributed by atoms with Crippen LogP contribution >= 0.6 is 11.6 Å². The average Bonchev–Trinajstić information content (AvgIpc) is 2.67. The lowest BCUT2D eigenvalue weighted by Gasteiger charge is -2.41. The van der Waals surface area contributed by atoms with Gasteiger partial charge in [0, 0.05) is 18.1 Å². The number of nitrogens with zero attached hydrogens (tertiary/aromatic N) is 1. The number of amides is 2. The van der Waals surface area contributed by atoms with Crippen LogP contribution in [0.5, 0.6) is 0 Å². The van der Waals surface area contributed by atoms with Gasteiger partial charge in [0.05, 0.1) is 5.60 Å². The van der Waals surface area contributed by atoms with Gasteiger partial charge in [0.15, 0.2) is 0 Å². The van der Waals surface area contributed by atoms with Gasteiger partial charge in [-0.05, 0) is 49.3 Å². The van der Waals surface area contributed by atoms with Gasteiger partial charge in [-0.1, -0.05) is 43.0 Å². The largest absolute Gasteiger partial charge is 0.465 e. The molecule has 6 nitrogen and oxygen atoms in total. The molecule has 148 valence electrons. The maximum atomic E-state index is 13.0. The van der Waals surface area contributed by atoms with Crippen molar-refractivity contribution >= 4 is 23.6 Å². The van der Waals surface area contributed by atoms with Crippen molar-refractivity contribution in [1.82, 2.24) is 10.2 Å². The highest BCUT2D eigenvalue weighted by Crippen LogP contribution is 2.34. The molecule has 1 aliphatic carbocycles. The minimum Gasteiger partial charge on any atom is -0.465 e. The van der Waals surface area contributed by atoms with Crippen molar-refractivity contribution in [2.24, 2.45) is 5.92 Å². The Morgan fingerprint density at radius 2 is 1.70 bits per heavy atom. The first kappa shape index (κ1) is 20.0. The molecular weight excluding hydrogens is 368 g/mol. The first-order chi connectivity index (χ1) is 12.9. The molecule has 3 rings (SSSR count). The summed E-state index contributed by atoms with van der Waals surface area (Å²) in [7, 11) is 0. The Balaban J connectivity index is 1.66. The monoisotopic (exact) mass is 394 g/mol. The maximum absolute atomic E-state index is 13.0. The van der Waals surface area contributed by atoms with E-state index in [2.05, 4.69) is 5.32 Å². The molecule has 1 saturated carbocycles. The third kappa shape index (κ3) is 4.74. The highest BCUT2D eigenvalue weighted by atomic mass is 35.5. The number of benzene rings is 1. The van der Waals surface area contributed by atoms with Crippen LogP contribution in [0.1, 0.15) is 50.5 Å². The lowest BCUT2D eigenvalue weighted by atomic mass is 9.81. The molecule has 2 fully saturated rings. The summed E-state index contributed by atoms with van der Waals surface area (Å²) in [5.74, 6) is -0.109. The highest BCUT2D eigenvalue weighted by Gasteiger charge is 2.39. The molecule has 0 unspecified atom stereocenters. The zero-order chi connectivity index (χ0) is 19.4. The fraction of sp³-hybridized carbons (Fsp3) is 0.600. The Kier molecular flexibility index (Phi) is 6.27. The van der Waals surface area contributed by atoms with E-state index in [9.17, 15) is 19.8 Å². The molecular formula is C20H27ClN2O4. The molecule has 7 heteroatoms. The summed E-state index contributed by atoms with van der Waals surface area (Å²) in [5.41, 5.74) is -0.187. The Morgan fingerprint density at radius 1 is 1.11 bits per heavy atom. The zero-order valence-electron chi connectivity index (χ0n) is 15.4. The van der Waals surface area contributed by atoms with Crippen LogP contribution in [-0.4, -0.2) is 46.2 Å². The summed E-state index contributed by atoms with van der Waals surface area (Å²) >= 11 is 5.92. The molecule has 2 amide bonds. The van der Waals surface area contributed by atoms with Crippen molar-refractivity contribution in [3.63, 3.8) is 0 Å². The van der Waals surface area contributed by atoms with Gasteiger partial charge in [-0.15, -0.1) is 0 Å². The van der Waals surface area contributed by atoms with Crippen LogP contribution in [0.4, 0.5) is 4.79 Å². The average molecular weight is 395 g/mol. The summed E-state index contributed by atoms with van der Waals surface area (Å²) in [6.07, 6.45) is 4.64. The summed E-state index contributed by atoms with van der Waals surface area (Å²) in [6.45, 7) is 0.810. The van der Waals surface area contributed by atoms with Crippen molar-refractivity contribution in [3.05, 3.63) is 34.9 Å². The van der Waals surface area contributed by atoms with Gasteiger partial charge in [0.25, 0.3) is 0 Å². The van der Waals surface area contributed by atoms with Gasteiger partial charge in [0.2, 0.25) is 5.91 Å². The Morgan fingerprint density at radius 3 is 2.26 bits per heavy atom. The molecule has 3 N–H and O–H groups in total. The Labute approximate surface area is 164 Å². The molecule has 2 aliphatic rings. The molecule has 1 aromatic rings. The van der Waals surface area contributed by atoms with E-state index in [0.29, 0.717) is 31.0 Å². The fourth-order valence-corrected chi connectivity index (χ4v) is 4.45. The van der Waals surface area contributed by atoms with Crippen LogP contribution in [0.2, 0.25) is 5.02 Å². The van der Waals surface area contributed by atoms with Crippen molar-refractivity contribution in [1.29, 1.82) is 0 Å². The fourth-order valence-electron chi connectivity index (χ4n) is 4.32. The number of carboxylic acid groups (broad SMARTS) is 1. The second kappa shape index (κ2) is 8.48. The van der Waals surface area contributed by atoms with Gasteiger partial charge >= 0.3 is 6.09 Å². The van der Waals surface area contributed by atoms with Crippen LogP contribution in [0, 0.1) is 5.92 Å². The van der Waals surface area contributed by atoms with Crippen LogP contribution in [0.3, 0.4) is 0 Å². The minimum absolute atomic E-state index is 0.0550. The molecule has 0 aromatic heterocycles. The smallest absolute Gasteiger partial charge is 0.405 e. The molecule has 0 spiro atoms. The lowest BCUT2D eigenvalue weighted by molar-refractivity contribution is -0.139. The minimum atomic E-state index is -1.16. The summed E-state index contributed by atoms with van der Waals surface area (Å²) in [4.78, 5) is 25.9. The van der Waals surface area contributed by atoms with Gasteiger partial charge in [0.1, 0.15) is 6.04 Å². The Hall–Kier alpha value is -1.79. The van der Waals surface area contributed by atoms with E-state index >= 15 is 0 Å². The summed E-state index contributed by atoms with van der Waals surface area (Å²) in [5, 5.41) is 23.2. The number of nitrogens with one attached hydrogen (secondary N) is 1. The number of rotatable bonds is 4. The van der Waals surface area contributed by atoms with Gasteiger partial charge in [-0.3, -0.25) is 4.79 Å². The SMILES string of the molecule is O=C(O)N[C@@H](C(=O)N1CCC(O)(c2ccc(Cl)cc2)CC1)C1CCCCC1. The van der Waals surface area contributed by atoms with Crippen LogP contribution < -0.4 is 5.32 Å². The third-order valence-electron chi connectivity index (χ3n) is 5.95. The van der Waals surface area contributed by atoms with Crippen molar-refractivity contribution in [2.75, 3.05) is 13.1 Å². The van der Waals surface area contributed by atoms with Gasteiger partial charge in [-0.2, -0.15) is 0 Å². The lowest BCUT2D eigenvalue weighted by Crippen LogP contribution is -2.55. The first-order valence-electron chi connectivity index (χ1n) is 9.66. The highest BCUT2D eigenvalue weighted by molar-refractivity contribution is 6.30. The van der Waals surface area contributed by atoms with Crippen molar-refractivity contribution < 1.29 is 19.8 Å². The molecule has 1 aromatic carbocycles. The quantitative estimate of drug-likeness (QED) is 0.730. The predicted molar refractivity (Wildman–Crippen MR) is 103 cm³/mol. The number of carbonyl (C=O) groups excluding carboxylic acids is 1. The number of hydrogen-bond donors (Lipinski definition) is 3. The first-order valence-corrected chi connectivity index (χ1v) is 10.0. The summed E-state index contributed by atoms with van der Waals surface area (Å²) < 4.78 is 0. The van der Waals surface area contributed by atoms with Crippen LogP contribution in [0.25, 0.3) is 0 Å². The van der Waals surface area contributed by atoms with Gasteiger partial charge < -0.3 is 20.4 Å². The molecule has 27 heavy (non-hydrogen) atoms. The van der Waals surface area contributed by atoms with E-state index in [1.165, 1.54) is 0 Å². The molecule has 0 radical (unpaired) electrons. The van der Waals surface area contributed by atoms with E-state index in [-0.39, 0.29) is 11.8 Å². The van der Waals surface area contributed by atoms with Crippen molar-refractivity contribution in [2.45, 2.75) is 56.6 Å². The number of aliphatic hydroxyl groups is 1. The standard InChI is InChI=1S/C20H27ClN2O4/c21-16-8-6-15(7-9-16)20(27)10-12-23(13-11-20)18(24)17(22-19(25)26)14-4-2-1-3-5-14/h6-9,14,17,22,27H,1-5,10-13H2,(H,25,26)/t17-/m1/s1. The second-order valence-electron chi connectivity index (χ2n) is 7.69. The number of halogens is 1. The normalized spacial score (nSPS) is 21.5. The molecule has 0 bridgehead atoms. The number of likely N-dealkylation sites (tertiary alicyclic amines) is 1. The van der Waals surface area contributed by atoms with Crippen molar-refractivity contribution in [3.8, 4) is 0 Å². The molecule has 1 atom stereocenters. The molecule has 1 aliphatic heterocycles. The van der Waals surface area contributed by atoms with E-state index in [1.807, 2.05) is 12.1 Å². The van der Waals surface area contributed by atoms with Crippen LogP contribution in [-0.2, 0) is 10.4 Å². The predicted octanol–water partition coefficient (Wildman–Crippen LogP) is 3.37. The number of piperidine rings is 1.